The van der Waals surface area contributed by atoms with Gasteiger partial charge in [0.05, 0.1) is 92.5 Å². The number of nitrogens with one attached hydrogen (secondary N) is 1. The lowest BCUT2D eigenvalue weighted by atomic mass is 10.1. The van der Waals surface area contributed by atoms with Crippen molar-refractivity contribution in [1.29, 1.82) is 0 Å². The molecule has 0 atom stereocenters. The highest BCUT2D eigenvalue weighted by Gasteiger charge is 2.69. The molecule has 3 saturated heterocycles. The predicted octanol–water partition coefficient (Wildman–Crippen LogP) is 1.42. The van der Waals surface area contributed by atoms with Crippen LogP contribution in [0.1, 0.15) is 32.6 Å². The summed E-state index contributed by atoms with van der Waals surface area (Å²) in [7, 11) is -13.4. The number of anilines is 1. The van der Waals surface area contributed by atoms with Gasteiger partial charge in [-0.05, 0) is 66.7 Å². The van der Waals surface area contributed by atoms with Crippen LogP contribution in [0.4, 0.5) is 17.3 Å². The van der Waals surface area contributed by atoms with Gasteiger partial charge in [0, 0.05) is 46.9 Å². The summed E-state index contributed by atoms with van der Waals surface area (Å²) in [4.78, 5) is 37.6. The van der Waals surface area contributed by atoms with Crippen LogP contribution in [0.3, 0.4) is 0 Å². The number of quaternary nitrogens is 1. The van der Waals surface area contributed by atoms with Crippen molar-refractivity contribution in [3.05, 3.63) is 160 Å². The van der Waals surface area contributed by atoms with E-state index in [0.717, 1.165) is 128 Å². The van der Waals surface area contributed by atoms with Crippen LogP contribution in [-0.4, -0.2) is 199 Å². The highest BCUT2D eigenvalue weighted by Crippen LogP contribution is 2.52. The van der Waals surface area contributed by atoms with Crippen LogP contribution in [0.15, 0.2) is 141 Å². The van der Waals surface area contributed by atoms with E-state index in [4.69, 9.17) is 38.7 Å². The fourth-order valence-electron chi connectivity index (χ4n) is 11.7. The molecule has 3 fully saturated rings. The highest BCUT2D eigenvalue weighted by atomic mass is 32.2. The number of carbonyl (C=O) groups excluding carboxylic acids is 1. The third kappa shape index (κ3) is 11.7. The third-order valence-electron chi connectivity index (χ3n) is 14.9. The Morgan fingerprint density at radius 1 is 0.547 bits per heavy atom. The fourth-order valence-corrected chi connectivity index (χ4v) is 12.2. The van der Waals surface area contributed by atoms with Gasteiger partial charge in [-0.15, -0.1) is 9.15 Å². The molecule has 6 N–H and O–H groups in total. The first-order chi connectivity index (χ1) is 40.7. The van der Waals surface area contributed by atoms with E-state index in [2.05, 4.69) is 135 Å². The lowest BCUT2D eigenvalue weighted by Crippen LogP contribution is -2.71. The molecule has 86 heavy (non-hydrogen) atoms. The van der Waals surface area contributed by atoms with E-state index in [1.54, 1.807) is 24.3 Å². The lowest BCUT2D eigenvalue weighted by Gasteiger charge is -2.40. The molecule has 1 amide bonds. The number of benzene rings is 5. The number of hydrogen-bond acceptors (Lipinski definition) is 17. The molecule has 5 aromatic carbocycles. The monoisotopic (exact) mass is 1250 g/mol. The first-order valence-electron chi connectivity index (χ1n) is 27.0. The van der Waals surface area contributed by atoms with Crippen molar-refractivity contribution in [2.45, 2.75) is 5.91 Å². The molecule has 9 aliphatic rings. The number of aliphatic imine (C=N–C) groups is 2. The molecule has 1 spiro atoms. The number of aromatic nitrogens is 2. The minimum absolute atomic E-state index is 0.0845. The third-order valence-corrected chi connectivity index (χ3v) is 15.5. The number of primary sulfonamides is 2. The van der Waals surface area contributed by atoms with Gasteiger partial charge in [0.1, 0.15) is 19.6 Å². The summed E-state index contributed by atoms with van der Waals surface area (Å²) in [6, 6.07) is 40.6. The van der Waals surface area contributed by atoms with E-state index in [-0.39, 0.29) is 10.4 Å². The first-order valence-corrected chi connectivity index (χ1v) is 34.6. The maximum absolute atomic E-state index is 13.7. The molecule has 0 aliphatic carbocycles. The number of nitrogens with zero attached hydrogens (tertiary/aromatic N) is 10. The average Bonchev–Trinajstić information content (AvgIpc) is 1.44. The maximum atomic E-state index is 13.7. The molecule has 11 heterocycles. The van der Waals surface area contributed by atoms with E-state index < -0.39 is 46.1 Å². The summed E-state index contributed by atoms with van der Waals surface area (Å²) in [6.45, 7) is 7.12. The first kappa shape index (κ1) is 60.1. The largest absolute Gasteiger partial charge is 0.404 e. The summed E-state index contributed by atoms with van der Waals surface area (Å²) >= 11 is 0. The molecule has 2 aromatic heterocycles. The Bertz CT molecular complexity index is 4410. The number of ether oxygens (including phenoxy) is 3. The molecule has 9 aliphatic heterocycles. The van der Waals surface area contributed by atoms with Crippen LogP contribution in [0.25, 0.3) is 21.5 Å². The fraction of sp³-hybridized carbons (Fsp3) is 0.304. The lowest BCUT2D eigenvalue weighted by molar-refractivity contribution is -0.851. The molecule has 0 saturated carbocycles. The van der Waals surface area contributed by atoms with Crippen molar-refractivity contribution in [2.24, 2.45) is 30.2 Å². The Labute approximate surface area is 495 Å². The zero-order valence-corrected chi connectivity index (χ0v) is 50.4. The van der Waals surface area contributed by atoms with Gasteiger partial charge in [-0.25, -0.2) is 40.3 Å². The normalized spacial score (nSPS) is 20.2. The van der Waals surface area contributed by atoms with Gasteiger partial charge >= 0.3 is 11.8 Å². The Balaban J connectivity index is 0.000000150. The van der Waals surface area contributed by atoms with E-state index in [1.165, 1.54) is 0 Å². The Hall–Kier alpha value is -7.59. The standard InChI is InChI=1S/C33H16N8.C20H32N3O6S.2CH5NO2S.CH4O3S/c1-2-10-18-17(9-1)25-34-27-19-11-3-4-12-20(19)29-36-31-23-15-7-8-16-24(23)32-37-30-22-14-6-5-13-21(22)28-35-26(18)38(25)33(39(27)29,40(28)30)41(31)32;1-30(25,26)21-19-4-2-3-18(17-19)20(24)23-8-14-27-11-5-22(6-12-28-15-9-23)7-13-29-16-10-23;3*1-5(2,3)4/h1-16H;2-4,17,21H,5-16H2,1H3;2*1H3,(H2,2,3,4);1H3,(H,2,3,4)/q+2;+1;;;. The van der Waals surface area contributed by atoms with Gasteiger partial charge in [-0.3, -0.25) is 18.7 Å². The van der Waals surface area contributed by atoms with Crippen LogP contribution in [-0.2, 0) is 60.3 Å². The van der Waals surface area contributed by atoms with Crippen LogP contribution in [0.2, 0.25) is 0 Å². The molecule has 16 rings (SSSR count). The number of amidine groups is 4. The zero-order chi connectivity index (χ0) is 61.1. The molecule has 0 radical (unpaired) electrons. The van der Waals surface area contributed by atoms with Crippen LogP contribution in [0.5, 0.6) is 0 Å². The second kappa shape index (κ2) is 22.9. The van der Waals surface area contributed by atoms with E-state index in [9.17, 15) is 38.5 Å². The predicted molar refractivity (Wildman–Crippen MR) is 322 cm³/mol. The summed E-state index contributed by atoms with van der Waals surface area (Å²) in [5, 5.41) is 13.0. The van der Waals surface area contributed by atoms with Gasteiger partial charge < -0.3 is 14.2 Å². The van der Waals surface area contributed by atoms with Crippen molar-refractivity contribution >= 4 is 108 Å². The Morgan fingerprint density at radius 2 is 0.930 bits per heavy atom. The molecule has 450 valence electrons. The number of fused-ring (bicyclic) bond motifs is 24. The van der Waals surface area contributed by atoms with Crippen molar-refractivity contribution in [1.82, 2.24) is 14.0 Å². The van der Waals surface area contributed by atoms with Crippen molar-refractivity contribution in [3.8, 4) is 0 Å². The number of carbonyl (C=O) groups is 1. The van der Waals surface area contributed by atoms with Gasteiger partial charge in [-0.2, -0.15) is 17.6 Å². The van der Waals surface area contributed by atoms with Gasteiger partial charge in [-0.1, -0.05) is 74.6 Å². The van der Waals surface area contributed by atoms with Crippen LogP contribution in [0, 0.1) is 0 Å². The number of sulfonamides is 3. The topological polar surface area (TPSA) is 334 Å². The summed E-state index contributed by atoms with van der Waals surface area (Å²) in [6.07, 6.45) is 3.68. The molecule has 7 aromatic rings. The highest BCUT2D eigenvalue weighted by molar-refractivity contribution is 7.92. The van der Waals surface area contributed by atoms with Gasteiger partial charge in [0.15, 0.2) is 0 Å². The van der Waals surface area contributed by atoms with E-state index >= 15 is 0 Å². The number of amides is 1. The zero-order valence-electron chi connectivity index (χ0n) is 47.1. The average molecular weight is 1250 g/mol. The van der Waals surface area contributed by atoms with Crippen LogP contribution < -0.4 is 26.0 Å². The quantitative estimate of drug-likeness (QED) is 0.111. The number of hydrogen-bond donors (Lipinski definition) is 4. The molecule has 26 nitrogen and oxygen atoms in total. The Morgan fingerprint density at radius 3 is 1.34 bits per heavy atom. The second-order valence-corrected chi connectivity index (χ2v) is 27.8. The van der Waals surface area contributed by atoms with Crippen molar-refractivity contribution in [3.63, 3.8) is 0 Å². The summed E-state index contributed by atoms with van der Waals surface area (Å²) in [5.41, 5.74) is 6.95. The molecule has 2 bridgehead atoms. The van der Waals surface area contributed by atoms with Crippen molar-refractivity contribution < 1.29 is 70.9 Å². The van der Waals surface area contributed by atoms with Gasteiger partial charge in [0.2, 0.25) is 52.7 Å². The summed E-state index contributed by atoms with van der Waals surface area (Å²) in [5.74, 6) is 4.38. The second-order valence-electron chi connectivity index (χ2n) is 21.3. The van der Waals surface area contributed by atoms with E-state index in [0.29, 0.717) is 76.8 Å². The number of rotatable bonds is 3. The number of nitrogens with two attached hydrogens (primary N) is 2. The smallest absolute Gasteiger partial charge is 0.374 e. The molecule has 30 heteroatoms. The van der Waals surface area contributed by atoms with Gasteiger partial charge in [0.25, 0.3) is 33.5 Å². The SMILES string of the molecule is CS(=O)(=O)Nc1cccc(C(=O)[N+]23CCOCCN(CCOCC2)CCOCC3)c1.CS(=O)(=O)O.CS(N)(=O)=O.CS(N)(=O)=O.c1ccc2c(c1)C1=Nc3c4ccccc4c4n3C35n6c(c7ccccc7c6=NC6=[N+]3C(=N4)c3ccccc36)=NC2=[N+]15. The molecular weight excluding hydrogens is 1190 g/mol. The Kier molecular flexibility index (Phi) is 16.0. The maximum Gasteiger partial charge on any atom is 0.404 e. The van der Waals surface area contributed by atoms with Crippen molar-refractivity contribution in [2.75, 3.05) is 109 Å². The van der Waals surface area contributed by atoms with E-state index in [1.807, 2.05) is 0 Å². The minimum Gasteiger partial charge on any atom is -0.374 e. The molecular formula is C56H62N13O13S4+3. The minimum atomic E-state index is -3.67. The summed E-state index contributed by atoms with van der Waals surface area (Å²) < 4.78 is 116. The van der Waals surface area contributed by atoms with Crippen LogP contribution >= 0.6 is 0 Å². The molecule has 0 unspecified atom stereocenters.